The van der Waals surface area contributed by atoms with Gasteiger partial charge >= 0.3 is 0 Å². The van der Waals surface area contributed by atoms with Crippen LogP contribution in [0.3, 0.4) is 0 Å². The summed E-state index contributed by atoms with van der Waals surface area (Å²) in [6.45, 7) is 0.944. The molecule has 2 heterocycles. The highest BCUT2D eigenvalue weighted by molar-refractivity contribution is 6.06. The molecule has 5 heteroatoms. The first-order valence-electron chi connectivity index (χ1n) is 8.67. The molecular formula is C20H21N3O2. The number of benzene rings is 2. The number of nitrogens with one attached hydrogen (secondary N) is 1. The van der Waals surface area contributed by atoms with E-state index in [1.165, 1.54) is 6.39 Å². The normalized spacial score (nSPS) is 17.6. The van der Waals surface area contributed by atoms with Gasteiger partial charge in [0, 0.05) is 12.7 Å². The summed E-state index contributed by atoms with van der Waals surface area (Å²) in [5.41, 5.74) is 1.24. The topological polar surface area (TPSA) is 58.4 Å². The monoisotopic (exact) mass is 335 g/mol. The SMILES string of the molecule is CN(C(=O)c1ncoc1C1CCCCN1)c1ccc2ccccc2c1. The third-order valence-corrected chi connectivity index (χ3v) is 4.85. The second-order valence-corrected chi connectivity index (χ2v) is 6.46. The Morgan fingerprint density at radius 3 is 2.84 bits per heavy atom. The molecule has 1 saturated heterocycles. The Labute approximate surface area is 146 Å². The summed E-state index contributed by atoms with van der Waals surface area (Å²) in [7, 11) is 1.78. The number of aromatic nitrogens is 1. The smallest absolute Gasteiger partial charge is 0.280 e. The molecule has 4 rings (SSSR count). The van der Waals surface area contributed by atoms with E-state index < -0.39 is 0 Å². The second-order valence-electron chi connectivity index (χ2n) is 6.46. The summed E-state index contributed by atoms with van der Waals surface area (Å²) in [4.78, 5) is 18.8. The van der Waals surface area contributed by atoms with E-state index in [2.05, 4.69) is 16.4 Å². The average molecular weight is 335 g/mol. The number of hydrogen-bond donors (Lipinski definition) is 1. The summed E-state index contributed by atoms with van der Waals surface area (Å²) < 4.78 is 5.56. The third-order valence-electron chi connectivity index (χ3n) is 4.85. The largest absolute Gasteiger partial charge is 0.446 e. The lowest BCUT2D eigenvalue weighted by atomic mass is 10.0. The number of fused-ring (bicyclic) bond motifs is 1. The molecule has 128 valence electrons. The molecule has 1 aliphatic rings. The highest BCUT2D eigenvalue weighted by Crippen LogP contribution is 2.28. The Morgan fingerprint density at radius 2 is 2.04 bits per heavy atom. The molecule has 2 aromatic carbocycles. The molecular weight excluding hydrogens is 314 g/mol. The number of nitrogens with zero attached hydrogens (tertiary/aromatic N) is 2. The predicted octanol–water partition coefficient (Wildman–Crippen LogP) is 3.92. The molecule has 0 bridgehead atoms. The molecule has 1 N–H and O–H groups in total. The first-order valence-corrected chi connectivity index (χ1v) is 8.67. The van der Waals surface area contributed by atoms with E-state index in [-0.39, 0.29) is 11.9 Å². The Bertz CT molecular complexity index is 897. The van der Waals surface area contributed by atoms with E-state index >= 15 is 0 Å². The van der Waals surface area contributed by atoms with Crippen LogP contribution in [0.25, 0.3) is 10.8 Å². The van der Waals surface area contributed by atoms with Gasteiger partial charge in [0.25, 0.3) is 5.91 Å². The summed E-state index contributed by atoms with van der Waals surface area (Å²) in [5.74, 6) is 0.503. The lowest BCUT2D eigenvalue weighted by Gasteiger charge is -2.23. The number of anilines is 1. The first kappa shape index (κ1) is 15.8. The van der Waals surface area contributed by atoms with Crippen LogP contribution in [0.15, 0.2) is 53.3 Å². The van der Waals surface area contributed by atoms with Gasteiger partial charge in [-0.3, -0.25) is 4.79 Å². The minimum atomic E-state index is -0.147. The summed E-state index contributed by atoms with van der Waals surface area (Å²) in [6.07, 6.45) is 4.62. The van der Waals surface area contributed by atoms with E-state index in [9.17, 15) is 4.79 Å². The van der Waals surface area contributed by atoms with Crippen LogP contribution in [0.4, 0.5) is 5.69 Å². The van der Waals surface area contributed by atoms with Crippen molar-refractivity contribution in [3.05, 3.63) is 60.3 Å². The van der Waals surface area contributed by atoms with Crippen molar-refractivity contribution in [3.63, 3.8) is 0 Å². The number of amides is 1. The average Bonchev–Trinajstić information content (AvgIpc) is 3.17. The maximum Gasteiger partial charge on any atom is 0.280 e. The quantitative estimate of drug-likeness (QED) is 0.788. The van der Waals surface area contributed by atoms with Crippen molar-refractivity contribution in [1.29, 1.82) is 0 Å². The van der Waals surface area contributed by atoms with Crippen molar-refractivity contribution < 1.29 is 9.21 Å². The zero-order valence-corrected chi connectivity index (χ0v) is 14.2. The fourth-order valence-electron chi connectivity index (χ4n) is 3.40. The van der Waals surface area contributed by atoms with E-state index in [0.29, 0.717) is 11.5 Å². The fraction of sp³-hybridized carbons (Fsp3) is 0.300. The van der Waals surface area contributed by atoms with Crippen molar-refractivity contribution >= 4 is 22.4 Å². The molecule has 1 aliphatic heterocycles. The molecule has 1 atom stereocenters. The van der Waals surface area contributed by atoms with Gasteiger partial charge in [-0.1, -0.05) is 36.8 Å². The van der Waals surface area contributed by atoms with Gasteiger partial charge in [0.2, 0.25) is 0 Å². The van der Waals surface area contributed by atoms with Crippen molar-refractivity contribution in [2.45, 2.75) is 25.3 Å². The van der Waals surface area contributed by atoms with E-state index in [1.54, 1.807) is 11.9 Å². The summed E-state index contributed by atoms with van der Waals surface area (Å²) >= 11 is 0. The first-order chi connectivity index (χ1) is 12.2. The third kappa shape index (κ3) is 3.03. The number of hydrogen-bond acceptors (Lipinski definition) is 4. The van der Waals surface area contributed by atoms with Crippen LogP contribution in [0.5, 0.6) is 0 Å². The van der Waals surface area contributed by atoms with Crippen molar-refractivity contribution in [2.24, 2.45) is 0 Å². The molecule has 25 heavy (non-hydrogen) atoms. The number of carbonyl (C=O) groups is 1. The van der Waals surface area contributed by atoms with Gasteiger partial charge in [0.05, 0.1) is 6.04 Å². The maximum absolute atomic E-state index is 13.0. The highest BCUT2D eigenvalue weighted by atomic mass is 16.3. The van der Waals surface area contributed by atoms with Gasteiger partial charge in [-0.15, -0.1) is 0 Å². The van der Waals surface area contributed by atoms with Crippen molar-refractivity contribution in [1.82, 2.24) is 10.3 Å². The number of rotatable bonds is 3. The molecule has 0 aliphatic carbocycles. The molecule has 0 spiro atoms. The van der Waals surface area contributed by atoms with Gasteiger partial charge in [-0.2, -0.15) is 0 Å². The number of oxazole rings is 1. The number of carbonyl (C=O) groups excluding carboxylic acids is 1. The van der Waals surface area contributed by atoms with E-state index in [4.69, 9.17) is 4.42 Å². The number of piperidine rings is 1. The van der Waals surface area contributed by atoms with Crippen LogP contribution >= 0.6 is 0 Å². The Hall–Kier alpha value is -2.66. The summed E-state index contributed by atoms with van der Waals surface area (Å²) in [5, 5.41) is 5.67. The van der Waals surface area contributed by atoms with Gasteiger partial charge in [-0.05, 0) is 42.3 Å². The highest BCUT2D eigenvalue weighted by Gasteiger charge is 2.27. The molecule has 1 aromatic heterocycles. The van der Waals surface area contributed by atoms with Gasteiger partial charge in [-0.25, -0.2) is 4.98 Å². The lowest BCUT2D eigenvalue weighted by molar-refractivity contribution is 0.0985. The predicted molar refractivity (Wildman–Crippen MR) is 97.8 cm³/mol. The van der Waals surface area contributed by atoms with Crippen LogP contribution in [0.2, 0.25) is 0 Å². The molecule has 0 radical (unpaired) electrons. The molecule has 0 saturated carbocycles. The van der Waals surface area contributed by atoms with Crippen LogP contribution in [0.1, 0.15) is 41.6 Å². The maximum atomic E-state index is 13.0. The minimum Gasteiger partial charge on any atom is -0.446 e. The molecule has 1 fully saturated rings. The molecule has 1 unspecified atom stereocenters. The summed E-state index contributed by atoms with van der Waals surface area (Å²) in [6, 6.07) is 14.2. The standard InChI is InChI=1S/C20H21N3O2/c1-23(16-10-9-14-6-2-3-7-15(14)12-16)20(24)18-19(25-13-22-18)17-8-4-5-11-21-17/h2-3,6-7,9-10,12-13,17,21H,4-5,8,11H2,1H3. The fourth-order valence-corrected chi connectivity index (χ4v) is 3.40. The minimum absolute atomic E-state index is 0.0696. The molecule has 1 amide bonds. The van der Waals surface area contributed by atoms with Crippen LogP contribution < -0.4 is 10.2 Å². The van der Waals surface area contributed by atoms with E-state index in [0.717, 1.165) is 42.3 Å². The Balaban J connectivity index is 1.62. The van der Waals surface area contributed by atoms with Crippen molar-refractivity contribution in [2.75, 3.05) is 18.5 Å². The van der Waals surface area contributed by atoms with E-state index in [1.807, 2.05) is 36.4 Å². The molecule has 5 nitrogen and oxygen atoms in total. The zero-order chi connectivity index (χ0) is 17.2. The van der Waals surface area contributed by atoms with Gasteiger partial charge < -0.3 is 14.6 Å². The second kappa shape index (κ2) is 6.69. The van der Waals surface area contributed by atoms with Gasteiger partial charge in [0.1, 0.15) is 0 Å². The van der Waals surface area contributed by atoms with Gasteiger partial charge in [0.15, 0.2) is 17.8 Å². The Morgan fingerprint density at radius 1 is 1.20 bits per heavy atom. The van der Waals surface area contributed by atoms with Crippen LogP contribution in [-0.4, -0.2) is 24.5 Å². The van der Waals surface area contributed by atoms with Crippen LogP contribution in [0, 0.1) is 0 Å². The Kier molecular flexibility index (Phi) is 4.24. The van der Waals surface area contributed by atoms with Crippen LogP contribution in [-0.2, 0) is 0 Å². The lowest BCUT2D eigenvalue weighted by Crippen LogP contribution is -2.31. The zero-order valence-electron chi connectivity index (χ0n) is 14.2. The molecule has 3 aromatic rings. The van der Waals surface area contributed by atoms with Crippen molar-refractivity contribution in [3.8, 4) is 0 Å².